The highest BCUT2D eigenvalue weighted by atomic mass is 16.2. The van der Waals surface area contributed by atoms with E-state index in [0.717, 1.165) is 25.2 Å². The van der Waals surface area contributed by atoms with Gasteiger partial charge in [-0.15, -0.1) is 0 Å². The van der Waals surface area contributed by atoms with Crippen LogP contribution in [0.2, 0.25) is 0 Å². The van der Waals surface area contributed by atoms with Crippen LogP contribution in [0.5, 0.6) is 0 Å². The summed E-state index contributed by atoms with van der Waals surface area (Å²) in [4.78, 5) is 18.7. The lowest BCUT2D eigenvalue weighted by molar-refractivity contribution is 0.0568. The van der Waals surface area contributed by atoms with Crippen LogP contribution < -0.4 is 5.32 Å². The van der Waals surface area contributed by atoms with Gasteiger partial charge in [-0.25, -0.2) is 0 Å². The number of nitrogens with zero attached hydrogens (tertiary/aromatic N) is 2. The molecule has 0 aromatic carbocycles. The highest BCUT2D eigenvalue weighted by molar-refractivity contribution is 5.93. The first-order chi connectivity index (χ1) is 9.11. The third-order valence-corrected chi connectivity index (χ3v) is 3.74. The zero-order chi connectivity index (χ0) is 13.8. The number of hydrogen-bond donors (Lipinski definition) is 1. The molecule has 0 radical (unpaired) electrons. The van der Waals surface area contributed by atoms with Crippen molar-refractivity contribution in [3.63, 3.8) is 0 Å². The monoisotopic (exact) mass is 261 g/mol. The molecule has 1 fully saturated rings. The van der Waals surface area contributed by atoms with Crippen molar-refractivity contribution < 1.29 is 4.79 Å². The van der Waals surface area contributed by atoms with E-state index in [2.05, 4.69) is 24.1 Å². The van der Waals surface area contributed by atoms with Crippen LogP contribution in [0.25, 0.3) is 0 Å². The first-order valence-electron chi connectivity index (χ1n) is 7.12. The summed E-state index contributed by atoms with van der Waals surface area (Å²) in [6, 6.07) is 4.05. The fraction of sp³-hybridized carbons (Fsp3) is 0.600. The van der Waals surface area contributed by atoms with Crippen LogP contribution in [0.1, 0.15) is 44.1 Å². The smallest absolute Gasteiger partial charge is 0.272 e. The Morgan fingerprint density at radius 2 is 2.26 bits per heavy atom. The molecule has 0 bridgehead atoms. The van der Waals surface area contributed by atoms with E-state index in [1.807, 2.05) is 24.0 Å². The van der Waals surface area contributed by atoms with Crippen LogP contribution in [-0.4, -0.2) is 34.9 Å². The number of nitrogens with one attached hydrogen (secondary N) is 1. The molecule has 1 aromatic rings. The Morgan fingerprint density at radius 1 is 1.47 bits per heavy atom. The van der Waals surface area contributed by atoms with Crippen molar-refractivity contribution >= 4 is 11.6 Å². The van der Waals surface area contributed by atoms with Gasteiger partial charge in [0.25, 0.3) is 5.91 Å². The average Bonchev–Trinajstić information content (AvgIpc) is 2.41. The largest absolute Gasteiger partial charge is 0.385 e. The van der Waals surface area contributed by atoms with Crippen molar-refractivity contribution in [2.75, 3.05) is 18.4 Å². The van der Waals surface area contributed by atoms with E-state index in [1.54, 1.807) is 6.20 Å². The molecule has 1 aromatic heterocycles. The summed E-state index contributed by atoms with van der Waals surface area (Å²) >= 11 is 0. The van der Waals surface area contributed by atoms with Gasteiger partial charge in [0, 0.05) is 31.0 Å². The number of rotatable bonds is 3. The summed E-state index contributed by atoms with van der Waals surface area (Å²) in [5.74, 6) is 0.635. The molecule has 1 aliphatic heterocycles. The van der Waals surface area contributed by atoms with Crippen molar-refractivity contribution in [2.24, 2.45) is 5.92 Å². The second kappa shape index (κ2) is 6.04. The number of hydrogen-bond acceptors (Lipinski definition) is 3. The Balaban J connectivity index is 2.16. The Labute approximate surface area is 115 Å². The van der Waals surface area contributed by atoms with Crippen molar-refractivity contribution in [3.8, 4) is 0 Å². The molecule has 1 N–H and O–H groups in total. The lowest BCUT2D eigenvalue weighted by Gasteiger charge is -2.36. The van der Waals surface area contributed by atoms with Gasteiger partial charge in [-0.3, -0.25) is 9.78 Å². The van der Waals surface area contributed by atoms with Crippen LogP contribution in [-0.2, 0) is 0 Å². The molecule has 1 saturated heterocycles. The second-order valence-corrected chi connectivity index (χ2v) is 5.45. The van der Waals surface area contributed by atoms with Gasteiger partial charge in [0.2, 0.25) is 0 Å². The lowest BCUT2D eigenvalue weighted by atomic mass is 9.95. The summed E-state index contributed by atoms with van der Waals surface area (Å²) in [5, 5.41) is 3.21. The van der Waals surface area contributed by atoms with E-state index >= 15 is 0 Å². The molecular weight excluding hydrogens is 238 g/mol. The lowest BCUT2D eigenvalue weighted by Crippen LogP contribution is -2.45. The summed E-state index contributed by atoms with van der Waals surface area (Å²) in [6.45, 7) is 8.05. The van der Waals surface area contributed by atoms with Gasteiger partial charge in [-0.1, -0.05) is 6.92 Å². The van der Waals surface area contributed by atoms with Gasteiger partial charge >= 0.3 is 0 Å². The number of piperidine rings is 1. The molecule has 4 nitrogen and oxygen atoms in total. The maximum atomic E-state index is 12.5. The van der Waals surface area contributed by atoms with Crippen LogP contribution in [0, 0.1) is 5.92 Å². The SMILES string of the molecule is CCNc1ccnc(C(=O)N2CC(C)CCC2C)c1. The van der Waals surface area contributed by atoms with Crippen LogP contribution in [0.15, 0.2) is 18.3 Å². The number of carbonyl (C=O) groups excluding carboxylic acids is 1. The standard InChI is InChI=1S/C15H23N3O/c1-4-16-13-7-8-17-14(9-13)15(19)18-10-11(2)5-6-12(18)3/h7-9,11-12H,4-6,10H2,1-3H3,(H,16,17). The Kier molecular flexibility index (Phi) is 4.40. The maximum Gasteiger partial charge on any atom is 0.272 e. The number of anilines is 1. The molecule has 2 unspecified atom stereocenters. The summed E-state index contributed by atoms with van der Waals surface area (Å²) in [6.07, 6.45) is 3.99. The molecule has 2 atom stereocenters. The predicted molar refractivity (Wildman–Crippen MR) is 77.3 cm³/mol. The topological polar surface area (TPSA) is 45.2 Å². The van der Waals surface area contributed by atoms with E-state index in [0.29, 0.717) is 17.7 Å². The van der Waals surface area contributed by atoms with Crippen molar-refractivity contribution in [1.29, 1.82) is 0 Å². The van der Waals surface area contributed by atoms with E-state index in [9.17, 15) is 4.79 Å². The number of pyridine rings is 1. The zero-order valence-electron chi connectivity index (χ0n) is 12.0. The van der Waals surface area contributed by atoms with Gasteiger partial charge in [-0.2, -0.15) is 0 Å². The number of likely N-dealkylation sites (tertiary alicyclic amines) is 1. The molecule has 0 spiro atoms. The molecular formula is C15H23N3O. The number of carbonyl (C=O) groups is 1. The Morgan fingerprint density at radius 3 is 3.00 bits per heavy atom. The Bertz CT molecular complexity index is 447. The van der Waals surface area contributed by atoms with E-state index in [4.69, 9.17) is 0 Å². The minimum atomic E-state index is 0.0544. The van der Waals surface area contributed by atoms with Gasteiger partial charge < -0.3 is 10.2 Å². The normalized spacial score (nSPS) is 23.2. The number of amides is 1. The molecule has 4 heteroatoms. The van der Waals surface area contributed by atoms with E-state index in [1.165, 1.54) is 6.42 Å². The van der Waals surface area contributed by atoms with Crippen LogP contribution in [0.3, 0.4) is 0 Å². The van der Waals surface area contributed by atoms with E-state index in [-0.39, 0.29) is 5.91 Å². The van der Waals surface area contributed by atoms with Gasteiger partial charge in [0.1, 0.15) is 5.69 Å². The highest BCUT2D eigenvalue weighted by Crippen LogP contribution is 2.23. The molecule has 1 aliphatic rings. The number of aromatic nitrogens is 1. The van der Waals surface area contributed by atoms with Gasteiger partial charge in [0.15, 0.2) is 0 Å². The first kappa shape index (κ1) is 13.8. The Hall–Kier alpha value is -1.58. The van der Waals surface area contributed by atoms with Gasteiger partial charge in [-0.05, 0) is 44.7 Å². The fourth-order valence-corrected chi connectivity index (χ4v) is 2.58. The zero-order valence-corrected chi connectivity index (χ0v) is 12.0. The molecule has 2 heterocycles. The minimum Gasteiger partial charge on any atom is -0.385 e. The van der Waals surface area contributed by atoms with E-state index < -0.39 is 0 Å². The molecule has 19 heavy (non-hydrogen) atoms. The molecule has 2 rings (SSSR count). The molecule has 104 valence electrons. The van der Waals surface area contributed by atoms with Crippen molar-refractivity contribution in [1.82, 2.24) is 9.88 Å². The third kappa shape index (κ3) is 3.25. The van der Waals surface area contributed by atoms with Crippen LogP contribution in [0.4, 0.5) is 5.69 Å². The van der Waals surface area contributed by atoms with Crippen molar-refractivity contribution in [3.05, 3.63) is 24.0 Å². The second-order valence-electron chi connectivity index (χ2n) is 5.45. The quantitative estimate of drug-likeness (QED) is 0.910. The van der Waals surface area contributed by atoms with Crippen LogP contribution >= 0.6 is 0 Å². The molecule has 1 amide bonds. The first-order valence-corrected chi connectivity index (χ1v) is 7.12. The summed E-state index contributed by atoms with van der Waals surface area (Å²) in [7, 11) is 0. The molecule has 0 saturated carbocycles. The minimum absolute atomic E-state index is 0.0544. The summed E-state index contributed by atoms with van der Waals surface area (Å²) < 4.78 is 0. The fourth-order valence-electron chi connectivity index (χ4n) is 2.58. The van der Waals surface area contributed by atoms with Gasteiger partial charge in [0.05, 0.1) is 0 Å². The molecule has 0 aliphatic carbocycles. The maximum absolute atomic E-state index is 12.5. The highest BCUT2D eigenvalue weighted by Gasteiger charge is 2.28. The summed E-state index contributed by atoms with van der Waals surface area (Å²) in [5.41, 5.74) is 1.50. The third-order valence-electron chi connectivity index (χ3n) is 3.74. The average molecular weight is 261 g/mol. The predicted octanol–water partition coefficient (Wildman–Crippen LogP) is 2.77. The van der Waals surface area contributed by atoms with Crippen molar-refractivity contribution in [2.45, 2.75) is 39.7 Å².